The number of nitrogens with zero attached hydrogens (tertiary/aromatic N) is 1. The summed E-state index contributed by atoms with van der Waals surface area (Å²) in [7, 11) is 0. The summed E-state index contributed by atoms with van der Waals surface area (Å²) in [6, 6.07) is 0. The molecule has 14 heavy (non-hydrogen) atoms. The minimum atomic E-state index is -2.99. The minimum absolute atomic E-state index is 0.0648. The highest BCUT2D eigenvalue weighted by Crippen LogP contribution is 2.67. The molecule has 2 atom stereocenters. The van der Waals surface area contributed by atoms with Gasteiger partial charge in [0.2, 0.25) is 0 Å². The Kier molecular flexibility index (Phi) is 1.25. The first-order valence-corrected chi connectivity index (χ1v) is 4.28. The Morgan fingerprint density at radius 2 is 2.14 bits per heavy atom. The van der Waals surface area contributed by atoms with E-state index in [0.29, 0.717) is 6.42 Å². The predicted octanol–water partition coefficient (Wildman–Crippen LogP) is 2.56. The van der Waals surface area contributed by atoms with Crippen molar-refractivity contribution in [3.63, 3.8) is 0 Å². The summed E-state index contributed by atoms with van der Waals surface area (Å²) in [5, 5.41) is 5.29. The van der Waals surface area contributed by atoms with E-state index >= 15 is 0 Å². The third kappa shape index (κ3) is 0.749. The van der Waals surface area contributed by atoms with E-state index in [1.54, 1.807) is 0 Å². The van der Waals surface area contributed by atoms with Gasteiger partial charge < -0.3 is 0 Å². The van der Waals surface area contributed by atoms with E-state index in [4.69, 9.17) is 0 Å². The van der Waals surface area contributed by atoms with Gasteiger partial charge in [-0.15, -0.1) is 0 Å². The van der Waals surface area contributed by atoms with Gasteiger partial charge in [0.15, 0.2) is 0 Å². The molecule has 0 radical (unpaired) electrons. The van der Waals surface area contributed by atoms with Crippen LogP contribution in [0.4, 0.5) is 17.6 Å². The second-order valence-electron chi connectivity index (χ2n) is 3.77. The Balaban J connectivity index is 2.17. The number of aromatic nitrogens is 2. The van der Waals surface area contributed by atoms with Crippen LogP contribution in [0.15, 0.2) is 0 Å². The number of fused-ring (bicyclic) bond motifs is 3. The first kappa shape index (κ1) is 8.26. The van der Waals surface area contributed by atoms with Crippen molar-refractivity contribution in [3.8, 4) is 0 Å². The van der Waals surface area contributed by atoms with Crippen LogP contribution in [0.3, 0.4) is 0 Å². The van der Waals surface area contributed by atoms with Crippen molar-refractivity contribution in [2.45, 2.75) is 24.7 Å². The third-order valence-corrected chi connectivity index (χ3v) is 3.00. The van der Waals surface area contributed by atoms with Gasteiger partial charge in [-0.05, 0) is 12.3 Å². The molecule has 2 aliphatic rings. The fourth-order valence-electron chi connectivity index (χ4n) is 2.26. The molecule has 76 valence electrons. The van der Waals surface area contributed by atoms with Crippen molar-refractivity contribution in [1.29, 1.82) is 0 Å². The normalized spacial score (nSPS) is 31.8. The highest BCUT2D eigenvalue weighted by molar-refractivity contribution is 5.45. The standard InChI is InChI=1S/C8H6F4N2/c9-7(10)5-4-2-1-3(2)8(11,12)6(4)14-13-5/h2-3,7H,1H2,(H,13,14). The van der Waals surface area contributed by atoms with Crippen LogP contribution in [0.5, 0.6) is 0 Å². The molecular weight excluding hydrogens is 200 g/mol. The van der Waals surface area contributed by atoms with Crippen molar-refractivity contribution < 1.29 is 17.6 Å². The Bertz CT molecular complexity index is 398. The van der Waals surface area contributed by atoms with Gasteiger partial charge in [0, 0.05) is 11.5 Å². The smallest absolute Gasteiger partial charge is 0.276 e. The maximum Gasteiger partial charge on any atom is 0.292 e. The molecule has 0 spiro atoms. The van der Waals surface area contributed by atoms with Crippen LogP contribution in [0.1, 0.15) is 35.7 Å². The zero-order valence-corrected chi connectivity index (χ0v) is 6.90. The summed E-state index contributed by atoms with van der Waals surface area (Å²) in [6.07, 6.45) is -2.47. The molecule has 1 fully saturated rings. The minimum Gasteiger partial charge on any atom is -0.276 e. The second kappa shape index (κ2) is 2.12. The van der Waals surface area contributed by atoms with E-state index < -0.39 is 35.6 Å². The summed E-state index contributed by atoms with van der Waals surface area (Å²) < 4.78 is 51.4. The molecule has 2 unspecified atom stereocenters. The average Bonchev–Trinajstić information content (AvgIpc) is 2.70. The summed E-state index contributed by atoms with van der Waals surface area (Å²) in [5.74, 6) is -4.16. The lowest BCUT2D eigenvalue weighted by atomic mass is 10.1. The van der Waals surface area contributed by atoms with Crippen molar-refractivity contribution in [2.24, 2.45) is 5.92 Å². The van der Waals surface area contributed by atoms with Crippen LogP contribution >= 0.6 is 0 Å². The summed E-state index contributed by atoms with van der Waals surface area (Å²) >= 11 is 0. The van der Waals surface area contributed by atoms with Gasteiger partial charge in [-0.2, -0.15) is 13.9 Å². The fourth-order valence-corrected chi connectivity index (χ4v) is 2.26. The molecule has 3 rings (SSSR count). The molecular formula is C8H6F4N2. The number of nitrogens with one attached hydrogen (secondary N) is 1. The summed E-state index contributed by atoms with van der Waals surface area (Å²) in [4.78, 5) is 0. The van der Waals surface area contributed by atoms with Crippen molar-refractivity contribution in [2.75, 3.05) is 0 Å². The van der Waals surface area contributed by atoms with Gasteiger partial charge >= 0.3 is 0 Å². The molecule has 2 nitrogen and oxygen atoms in total. The average molecular weight is 206 g/mol. The molecule has 6 heteroatoms. The van der Waals surface area contributed by atoms with Gasteiger partial charge in [-0.3, -0.25) is 5.10 Å². The summed E-state index contributed by atoms with van der Waals surface area (Å²) in [5.41, 5.74) is -0.825. The van der Waals surface area contributed by atoms with Crippen LogP contribution in [0, 0.1) is 5.92 Å². The van der Waals surface area contributed by atoms with Gasteiger partial charge in [0.05, 0.1) is 0 Å². The number of H-pyrrole nitrogens is 1. The van der Waals surface area contributed by atoms with Crippen LogP contribution < -0.4 is 0 Å². The van der Waals surface area contributed by atoms with Crippen LogP contribution in [0.2, 0.25) is 0 Å². The van der Waals surface area contributed by atoms with E-state index in [9.17, 15) is 17.6 Å². The van der Waals surface area contributed by atoms with Crippen molar-refractivity contribution >= 4 is 0 Å². The number of halogens is 4. The quantitative estimate of drug-likeness (QED) is 0.703. The lowest BCUT2D eigenvalue weighted by Gasteiger charge is -2.09. The number of hydrogen-bond acceptors (Lipinski definition) is 1. The monoisotopic (exact) mass is 206 g/mol. The zero-order valence-electron chi connectivity index (χ0n) is 6.90. The second-order valence-corrected chi connectivity index (χ2v) is 3.77. The van der Waals surface area contributed by atoms with E-state index in [2.05, 4.69) is 5.10 Å². The molecule has 1 saturated carbocycles. The molecule has 0 saturated heterocycles. The topological polar surface area (TPSA) is 28.7 Å². The van der Waals surface area contributed by atoms with Crippen molar-refractivity contribution in [1.82, 2.24) is 10.2 Å². The van der Waals surface area contributed by atoms with E-state index in [1.165, 1.54) is 0 Å². The third-order valence-electron chi connectivity index (χ3n) is 3.00. The lowest BCUT2D eigenvalue weighted by molar-refractivity contribution is -0.0268. The maximum atomic E-state index is 13.3. The first-order chi connectivity index (χ1) is 6.53. The van der Waals surface area contributed by atoms with Crippen LogP contribution in [-0.4, -0.2) is 10.2 Å². The first-order valence-electron chi connectivity index (χ1n) is 4.28. The highest BCUT2D eigenvalue weighted by Gasteiger charge is 2.66. The van der Waals surface area contributed by atoms with Crippen LogP contribution in [0.25, 0.3) is 0 Å². The zero-order chi connectivity index (χ0) is 10.1. The van der Waals surface area contributed by atoms with Gasteiger partial charge in [0.1, 0.15) is 11.4 Å². The fraction of sp³-hybridized carbons (Fsp3) is 0.625. The largest absolute Gasteiger partial charge is 0.292 e. The SMILES string of the molecule is FC(F)c1n[nH]c2c1C1CC1C2(F)F. The van der Waals surface area contributed by atoms with E-state index in [1.807, 2.05) is 5.10 Å². The Hall–Kier alpha value is -1.07. The molecule has 0 aliphatic heterocycles. The molecule has 0 amide bonds. The van der Waals surface area contributed by atoms with E-state index in [-0.39, 0.29) is 5.56 Å². The number of alkyl halides is 4. The molecule has 1 aromatic heterocycles. The molecule has 1 heterocycles. The Morgan fingerprint density at radius 3 is 2.79 bits per heavy atom. The molecule has 2 aliphatic carbocycles. The Labute approximate surface area is 76.3 Å². The number of rotatable bonds is 1. The molecule has 0 aromatic carbocycles. The van der Waals surface area contributed by atoms with Crippen molar-refractivity contribution in [3.05, 3.63) is 17.0 Å². The van der Waals surface area contributed by atoms with Gasteiger partial charge in [-0.25, -0.2) is 8.78 Å². The molecule has 0 bridgehead atoms. The Morgan fingerprint density at radius 1 is 1.43 bits per heavy atom. The van der Waals surface area contributed by atoms with Gasteiger partial charge in [0.25, 0.3) is 12.3 Å². The molecule has 1 N–H and O–H groups in total. The van der Waals surface area contributed by atoms with Gasteiger partial charge in [-0.1, -0.05) is 0 Å². The number of aromatic amines is 1. The maximum absolute atomic E-state index is 13.3. The summed E-state index contributed by atoms with van der Waals surface area (Å²) in [6.45, 7) is 0. The highest BCUT2D eigenvalue weighted by atomic mass is 19.3. The molecule has 1 aromatic rings. The predicted molar refractivity (Wildman–Crippen MR) is 38.3 cm³/mol. The van der Waals surface area contributed by atoms with E-state index in [0.717, 1.165) is 0 Å². The number of hydrogen-bond donors (Lipinski definition) is 1. The lowest BCUT2D eigenvalue weighted by Crippen LogP contribution is -2.13. The van der Waals surface area contributed by atoms with Crippen LogP contribution in [-0.2, 0) is 5.92 Å².